The summed E-state index contributed by atoms with van der Waals surface area (Å²) < 4.78 is 23.2. The van der Waals surface area contributed by atoms with Gasteiger partial charge < -0.3 is 9.47 Å². The summed E-state index contributed by atoms with van der Waals surface area (Å²) in [7, 11) is 0. The number of hydrogen-bond donors (Lipinski definition) is 0. The van der Waals surface area contributed by atoms with Crippen molar-refractivity contribution in [2.24, 2.45) is 0 Å². The number of rotatable bonds is 1. The molecule has 2 nitrogen and oxygen atoms in total. The van der Waals surface area contributed by atoms with Crippen LogP contribution in [-0.2, 0) is 6.67 Å². The fraction of sp³-hybridized carbons (Fsp3) is 0.250. The number of fused-ring (bicyclic) bond motifs is 1. The molecule has 4 heteroatoms. The van der Waals surface area contributed by atoms with Gasteiger partial charge in [0.1, 0.15) is 6.67 Å². The molecule has 0 bridgehead atoms. The van der Waals surface area contributed by atoms with Gasteiger partial charge in [-0.05, 0) is 33.6 Å². The quantitative estimate of drug-likeness (QED) is 0.742. The average Bonchev–Trinajstić information content (AvgIpc) is 2.52. The van der Waals surface area contributed by atoms with Crippen molar-refractivity contribution < 1.29 is 13.9 Å². The van der Waals surface area contributed by atoms with E-state index in [1.54, 1.807) is 12.1 Å². The van der Waals surface area contributed by atoms with Crippen LogP contribution >= 0.6 is 15.9 Å². The van der Waals surface area contributed by atoms with Crippen LogP contribution in [-0.4, -0.2) is 6.79 Å². The molecule has 1 aliphatic rings. The second-order valence-corrected chi connectivity index (χ2v) is 3.30. The summed E-state index contributed by atoms with van der Waals surface area (Å²) in [6, 6.07) is 3.33. The van der Waals surface area contributed by atoms with Gasteiger partial charge in [-0.15, -0.1) is 0 Å². The van der Waals surface area contributed by atoms with Gasteiger partial charge in [-0.3, -0.25) is 0 Å². The molecule has 0 atom stereocenters. The first-order valence-corrected chi connectivity index (χ1v) is 4.24. The lowest BCUT2D eigenvalue weighted by Crippen LogP contribution is -1.93. The van der Waals surface area contributed by atoms with E-state index in [2.05, 4.69) is 15.9 Å². The standard InChI is InChI=1S/C8H6BrFO2/c9-6-1-5(3-10)2-7-8(6)12-4-11-7/h1-2H,3-4H2. The number of halogens is 2. The summed E-state index contributed by atoms with van der Waals surface area (Å²) in [6.45, 7) is -0.279. The highest BCUT2D eigenvalue weighted by Gasteiger charge is 2.17. The van der Waals surface area contributed by atoms with Crippen molar-refractivity contribution in [1.29, 1.82) is 0 Å². The molecule has 64 valence electrons. The van der Waals surface area contributed by atoms with Crippen molar-refractivity contribution in [3.8, 4) is 11.5 Å². The van der Waals surface area contributed by atoms with Crippen LogP contribution in [0.5, 0.6) is 11.5 Å². The molecular weight excluding hydrogens is 227 g/mol. The minimum atomic E-state index is -0.491. The van der Waals surface area contributed by atoms with Crippen LogP contribution in [0.15, 0.2) is 16.6 Å². The zero-order valence-corrected chi connectivity index (χ0v) is 7.73. The van der Waals surface area contributed by atoms with Crippen LogP contribution in [0.1, 0.15) is 5.56 Å². The highest BCUT2D eigenvalue weighted by atomic mass is 79.9. The van der Waals surface area contributed by atoms with Crippen LogP contribution in [0.3, 0.4) is 0 Å². The van der Waals surface area contributed by atoms with Gasteiger partial charge in [0.15, 0.2) is 11.5 Å². The summed E-state index contributed by atoms with van der Waals surface area (Å²) in [5, 5.41) is 0. The molecule has 0 unspecified atom stereocenters. The molecule has 12 heavy (non-hydrogen) atoms. The van der Waals surface area contributed by atoms with E-state index < -0.39 is 6.67 Å². The Hall–Kier alpha value is -0.770. The van der Waals surface area contributed by atoms with Gasteiger partial charge in [-0.2, -0.15) is 0 Å². The average molecular weight is 233 g/mol. The van der Waals surface area contributed by atoms with Crippen LogP contribution in [0.4, 0.5) is 4.39 Å². The third-order valence-electron chi connectivity index (χ3n) is 1.64. The van der Waals surface area contributed by atoms with Crippen LogP contribution in [0.2, 0.25) is 0 Å². The van der Waals surface area contributed by atoms with E-state index in [-0.39, 0.29) is 6.79 Å². The Balaban J connectivity index is 2.51. The molecule has 1 aromatic rings. The van der Waals surface area contributed by atoms with Crippen LogP contribution in [0.25, 0.3) is 0 Å². The summed E-state index contributed by atoms with van der Waals surface area (Å²) >= 11 is 3.27. The van der Waals surface area contributed by atoms with Gasteiger partial charge in [0.25, 0.3) is 0 Å². The van der Waals surface area contributed by atoms with E-state index in [0.29, 0.717) is 17.1 Å². The Bertz CT molecular complexity index is 314. The highest BCUT2D eigenvalue weighted by Crippen LogP contribution is 2.39. The smallest absolute Gasteiger partial charge is 0.231 e. The van der Waals surface area contributed by atoms with Crippen molar-refractivity contribution in [3.05, 3.63) is 22.2 Å². The first kappa shape index (κ1) is 7.86. The minimum absolute atomic E-state index is 0.212. The number of ether oxygens (including phenoxy) is 2. The zero-order chi connectivity index (χ0) is 8.55. The third-order valence-corrected chi connectivity index (χ3v) is 2.23. The van der Waals surface area contributed by atoms with E-state index >= 15 is 0 Å². The summed E-state index contributed by atoms with van der Waals surface area (Å²) in [5.41, 5.74) is 0.589. The molecule has 0 radical (unpaired) electrons. The topological polar surface area (TPSA) is 18.5 Å². The lowest BCUT2D eigenvalue weighted by atomic mass is 10.2. The maximum Gasteiger partial charge on any atom is 0.231 e. The number of benzene rings is 1. The maximum absolute atomic E-state index is 12.3. The first-order chi connectivity index (χ1) is 5.81. The van der Waals surface area contributed by atoms with Crippen LogP contribution < -0.4 is 9.47 Å². The normalized spacial score (nSPS) is 13.5. The Morgan fingerprint density at radius 2 is 2.25 bits per heavy atom. The van der Waals surface area contributed by atoms with Crippen molar-refractivity contribution >= 4 is 15.9 Å². The molecule has 0 aromatic heterocycles. The molecule has 0 aliphatic carbocycles. The molecule has 1 heterocycles. The fourth-order valence-electron chi connectivity index (χ4n) is 1.10. The van der Waals surface area contributed by atoms with E-state index in [0.717, 1.165) is 4.47 Å². The van der Waals surface area contributed by atoms with Gasteiger partial charge in [0.2, 0.25) is 6.79 Å². The fourth-order valence-corrected chi connectivity index (χ4v) is 1.70. The Labute approximate surface area is 77.4 Å². The predicted molar refractivity (Wildman–Crippen MR) is 45.1 cm³/mol. The summed E-state index contributed by atoms with van der Waals surface area (Å²) in [4.78, 5) is 0. The molecule has 0 spiro atoms. The molecule has 0 amide bonds. The van der Waals surface area contributed by atoms with Crippen molar-refractivity contribution in [2.75, 3.05) is 6.79 Å². The monoisotopic (exact) mass is 232 g/mol. The van der Waals surface area contributed by atoms with Gasteiger partial charge in [-0.1, -0.05) is 0 Å². The van der Waals surface area contributed by atoms with Crippen molar-refractivity contribution in [1.82, 2.24) is 0 Å². The molecule has 2 rings (SSSR count). The third kappa shape index (κ3) is 1.16. The molecule has 0 N–H and O–H groups in total. The molecule has 0 saturated heterocycles. The molecule has 1 aliphatic heterocycles. The molecule has 0 fully saturated rings. The zero-order valence-electron chi connectivity index (χ0n) is 6.14. The summed E-state index contributed by atoms with van der Waals surface area (Å²) in [5.74, 6) is 1.27. The SMILES string of the molecule is FCc1cc(Br)c2c(c1)OCO2. The Kier molecular flexibility index (Phi) is 1.92. The lowest BCUT2D eigenvalue weighted by Gasteiger charge is -2.00. The molecular formula is C8H6BrFO2. The second kappa shape index (κ2) is 2.94. The number of hydrogen-bond acceptors (Lipinski definition) is 2. The van der Waals surface area contributed by atoms with E-state index in [1.165, 1.54) is 0 Å². The van der Waals surface area contributed by atoms with Crippen LogP contribution in [0, 0.1) is 0 Å². The largest absolute Gasteiger partial charge is 0.454 e. The van der Waals surface area contributed by atoms with E-state index in [1.807, 2.05) is 0 Å². The van der Waals surface area contributed by atoms with E-state index in [4.69, 9.17) is 9.47 Å². The van der Waals surface area contributed by atoms with Gasteiger partial charge in [0, 0.05) is 0 Å². The predicted octanol–water partition coefficient (Wildman–Crippen LogP) is 2.65. The van der Waals surface area contributed by atoms with Crippen molar-refractivity contribution in [2.45, 2.75) is 6.67 Å². The molecule has 1 aromatic carbocycles. The maximum atomic E-state index is 12.3. The van der Waals surface area contributed by atoms with E-state index in [9.17, 15) is 4.39 Å². The van der Waals surface area contributed by atoms with Gasteiger partial charge >= 0.3 is 0 Å². The second-order valence-electron chi connectivity index (χ2n) is 2.45. The molecule has 0 saturated carbocycles. The first-order valence-electron chi connectivity index (χ1n) is 3.45. The minimum Gasteiger partial charge on any atom is -0.454 e. The lowest BCUT2D eigenvalue weighted by molar-refractivity contribution is 0.173. The van der Waals surface area contributed by atoms with Gasteiger partial charge in [0.05, 0.1) is 4.47 Å². The summed E-state index contributed by atoms with van der Waals surface area (Å²) in [6.07, 6.45) is 0. The highest BCUT2D eigenvalue weighted by molar-refractivity contribution is 9.10. The Morgan fingerprint density at radius 3 is 3.00 bits per heavy atom. The Morgan fingerprint density at radius 1 is 1.42 bits per heavy atom. The van der Waals surface area contributed by atoms with Crippen molar-refractivity contribution in [3.63, 3.8) is 0 Å². The van der Waals surface area contributed by atoms with Gasteiger partial charge in [-0.25, -0.2) is 4.39 Å². The number of alkyl halides is 1.